The Morgan fingerprint density at radius 2 is 1.92 bits per heavy atom. The van der Waals surface area contributed by atoms with E-state index in [-0.39, 0.29) is 25.4 Å². The van der Waals surface area contributed by atoms with Gasteiger partial charge in [0.2, 0.25) is 15.9 Å². The van der Waals surface area contributed by atoms with Crippen molar-refractivity contribution in [2.45, 2.75) is 19.5 Å². The average Bonchev–Trinajstić information content (AvgIpc) is 2.58. The normalized spacial score (nSPS) is 11.5. The summed E-state index contributed by atoms with van der Waals surface area (Å²) in [6, 6.07) is 12.4. The minimum atomic E-state index is -3.43. The van der Waals surface area contributed by atoms with Gasteiger partial charge in [-0.1, -0.05) is 29.8 Å². The maximum absolute atomic E-state index is 12.0. The molecule has 25 heavy (non-hydrogen) atoms. The zero-order valence-electron chi connectivity index (χ0n) is 13.9. The van der Waals surface area contributed by atoms with Gasteiger partial charge in [0, 0.05) is 30.7 Å². The lowest BCUT2D eigenvalue weighted by Gasteiger charge is -2.20. The monoisotopic (exact) mass is 381 g/mol. The molecule has 8 heteroatoms. The van der Waals surface area contributed by atoms with Crippen molar-refractivity contribution >= 4 is 27.5 Å². The number of benzene rings is 1. The number of pyridine rings is 1. The molecule has 1 aromatic carbocycles. The summed E-state index contributed by atoms with van der Waals surface area (Å²) in [5.41, 5.74) is 1.56. The molecule has 0 spiro atoms. The van der Waals surface area contributed by atoms with Crippen LogP contribution in [0.5, 0.6) is 0 Å². The summed E-state index contributed by atoms with van der Waals surface area (Å²) in [5, 5.41) is 3.32. The predicted octanol–water partition coefficient (Wildman–Crippen LogP) is 2.20. The molecule has 0 unspecified atom stereocenters. The quantitative estimate of drug-likeness (QED) is 0.760. The molecule has 2 rings (SSSR count). The van der Waals surface area contributed by atoms with Gasteiger partial charge in [-0.2, -0.15) is 4.31 Å². The number of rotatable bonds is 8. The molecule has 0 aliphatic rings. The van der Waals surface area contributed by atoms with Gasteiger partial charge in [-0.25, -0.2) is 8.42 Å². The fourth-order valence-electron chi connectivity index (χ4n) is 2.16. The summed E-state index contributed by atoms with van der Waals surface area (Å²) < 4.78 is 25.2. The maximum Gasteiger partial charge on any atom is 0.221 e. The van der Waals surface area contributed by atoms with E-state index in [9.17, 15) is 13.2 Å². The largest absolute Gasteiger partial charge is 0.350 e. The Hall–Kier alpha value is -1.96. The van der Waals surface area contributed by atoms with Crippen LogP contribution in [0, 0.1) is 0 Å². The van der Waals surface area contributed by atoms with Crippen molar-refractivity contribution in [3.63, 3.8) is 0 Å². The van der Waals surface area contributed by atoms with Gasteiger partial charge >= 0.3 is 0 Å². The maximum atomic E-state index is 12.0. The van der Waals surface area contributed by atoms with Crippen LogP contribution in [0.2, 0.25) is 5.02 Å². The lowest BCUT2D eigenvalue weighted by molar-refractivity contribution is -0.121. The van der Waals surface area contributed by atoms with Crippen molar-refractivity contribution < 1.29 is 13.2 Å². The zero-order valence-corrected chi connectivity index (χ0v) is 15.4. The van der Waals surface area contributed by atoms with Crippen LogP contribution in [-0.4, -0.2) is 36.4 Å². The number of halogens is 1. The standard InChI is InChI=1S/C17H20ClN3O3S/c1-25(23,24)21(13-14-5-7-15(18)8-6-14)11-9-17(22)20-12-16-4-2-3-10-19-16/h2-8,10H,9,11-13H2,1H3,(H,20,22). The number of hydrogen-bond donors (Lipinski definition) is 1. The fraction of sp³-hybridized carbons (Fsp3) is 0.294. The number of aromatic nitrogens is 1. The number of carbonyl (C=O) groups is 1. The van der Waals surface area contributed by atoms with E-state index in [1.54, 1.807) is 36.5 Å². The summed E-state index contributed by atoms with van der Waals surface area (Å²) in [6.45, 7) is 0.620. The van der Waals surface area contributed by atoms with E-state index in [4.69, 9.17) is 11.6 Å². The van der Waals surface area contributed by atoms with Crippen LogP contribution in [0.25, 0.3) is 0 Å². The predicted molar refractivity (Wildman–Crippen MR) is 97.4 cm³/mol. The summed E-state index contributed by atoms with van der Waals surface area (Å²) in [7, 11) is -3.43. The molecular formula is C17H20ClN3O3S. The molecule has 1 N–H and O–H groups in total. The Morgan fingerprint density at radius 1 is 1.20 bits per heavy atom. The van der Waals surface area contributed by atoms with Crippen LogP contribution in [0.4, 0.5) is 0 Å². The Labute approximate surface area is 152 Å². The summed E-state index contributed by atoms with van der Waals surface area (Å²) >= 11 is 5.84. The molecule has 0 saturated carbocycles. The van der Waals surface area contributed by atoms with E-state index in [1.165, 1.54) is 4.31 Å². The van der Waals surface area contributed by atoms with Crippen molar-refractivity contribution in [1.82, 2.24) is 14.6 Å². The van der Waals surface area contributed by atoms with E-state index in [0.29, 0.717) is 11.6 Å². The molecule has 1 heterocycles. The number of carbonyl (C=O) groups excluding carboxylic acids is 1. The highest BCUT2D eigenvalue weighted by Gasteiger charge is 2.18. The van der Waals surface area contributed by atoms with Crippen LogP contribution < -0.4 is 5.32 Å². The highest BCUT2D eigenvalue weighted by molar-refractivity contribution is 7.88. The fourth-order valence-corrected chi connectivity index (χ4v) is 3.09. The summed E-state index contributed by atoms with van der Waals surface area (Å²) in [5.74, 6) is -0.226. The topological polar surface area (TPSA) is 79.4 Å². The van der Waals surface area contributed by atoms with Gasteiger partial charge in [0.25, 0.3) is 0 Å². The van der Waals surface area contributed by atoms with Crippen molar-refractivity contribution in [3.05, 3.63) is 64.9 Å². The van der Waals surface area contributed by atoms with Crippen LogP contribution in [0.3, 0.4) is 0 Å². The molecule has 0 radical (unpaired) electrons. The van der Waals surface area contributed by atoms with Gasteiger partial charge in [-0.05, 0) is 29.8 Å². The average molecular weight is 382 g/mol. The van der Waals surface area contributed by atoms with Gasteiger partial charge in [-0.15, -0.1) is 0 Å². The van der Waals surface area contributed by atoms with Crippen LogP contribution >= 0.6 is 11.6 Å². The molecule has 1 amide bonds. The SMILES string of the molecule is CS(=O)(=O)N(CCC(=O)NCc1ccccn1)Cc1ccc(Cl)cc1. The van der Waals surface area contributed by atoms with Gasteiger partial charge < -0.3 is 5.32 Å². The third-order valence-electron chi connectivity index (χ3n) is 3.52. The van der Waals surface area contributed by atoms with E-state index in [2.05, 4.69) is 10.3 Å². The first-order valence-electron chi connectivity index (χ1n) is 7.71. The van der Waals surface area contributed by atoms with Gasteiger partial charge in [-0.3, -0.25) is 9.78 Å². The molecule has 0 saturated heterocycles. The minimum absolute atomic E-state index is 0.0769. The van der Waals surface area contributed by atoms with Crippen LogP contribution in [0.1, 0.15) is 17.7 Å². The summed E-state index contributed by atoms with van der Waals surface area (Å²) in [6.07, 6.45) is 2.86. The Balaban J connectivity index is 1.89. The van der Waals surface area contributed by atoms with Crippen molar-refractivity contribution in [2.75, 3.05) is 12.8 Å². The Morgan fingerprint density at radius 3 is 2.52 bits per heavy atom. The lowest BCUT2D eigenvalue weighted by Crippen LogP contribution is -2.34. The van der Waals surface area contributed by atoms with E-state index >= 15 is 0 Å². The molecule has 0 atom stereocenters. The molecule has 0 aliphatic carbocycles. The van der Waals surface area contributed by atoms with Crippen LogP contribution in [0.15, 0.2) is 48.7 Å². The Kier molecular flexibility index (Phi) is 6.92. The first kappa shape index (κ1) is 19.4. The summed E-state index contributed by atoms with van der Waals surface area (Å²) in [4.78, 5) is 16.1. The first-order chi connectivity index (χ1) is 11.8. The van der Waals surface area contributed by atoms with Crippen molar-refractivity contribution in [1.29, 1.82) is 0 Å². The molecule has 1 aromatic heterocycles. The number of amides is 1. The third kappa shape index (κ3) is 6.81. The molecule has 0 bridgehead atoms. The number of sulfonamides is 1. The lowest BCUT2D eigenvalue weighted by atomic mass is 10.2. The molecule has 0 fully saturated rings. The number of nitrogens with one attached hydrogen (secondary N) is 1. The molecule has 134 valence electrons. The highest BCUT2D eigenvalue weighted by Crippen LogP contribution is 2.13. The molecule has 6 nitrogen and oxygen atoms in total. The molecule has 0 aliphatic heterocycles. The Bertz CT molecular complexity index is 796. The number of hydrogen-bond acceptors (Lipinski definition) is 4. The molecule has 2 aromatic rings. The van der Waals surface area contributed by atoms with Crippen molar-refractivity contribution in [3.8, 4) is 0 Å². The minimum Gasteiger partial charge on any atom is -0.350 e. The van der Waals surface area contributed by atoms with Crippen LogP contribution in [-0.2, 0) is 27.9 Å². The zero-order chi connectivity index (χ0) is 18.3. The van der Waals surface area contributed by atoms with Gasteiger partial charge in [0.15, 0.2) is 0 Å². The van der Waals surface area contributed by atoms with Gasteiger partial charge in [0.05, 0.1) is 18.5 Å². The van der Waals surface area contributed by atoms with E-state index in [0.717, 1.165) is 17.5 Å². The van der Waals surface area contributed by atoms with Gasteiger partial charge in [0.1, 0.15) is 0 Å². The second kappa shape index (κ2) is 8.94. The second-order valence-corrected chi connectivity index (χ2v) is 7.99. The van der Waals surface area contributed by atoms with E-state index in [1.807, 2.05) is 12.1 Å². The first-order valence-corrected chi connectivity index (χ1v) is 9.93. The van der Waals surface area contributed by atoms with Crippen molar-refractivity contribution in [2.24, 2.45) is 0 Å². The number of nitrogens with zero attached hydrogens (tertiary/aromatic N) is 2. The third-order valence-corrected chi connectivity index (χ3v) is 5.02. The highest BCUT2D eigenvalue weighted by atomic mass is 35.5. The second-order valence-electron chi connectivity index (χ2n) is 5.57. The smallest absolute Gasteiger partial charge is 0.221 e. The van der Waals surface area contributed by atoms with E-state index < -0.39 is 10.0 Å². The molecular weight excluding hydrogens is 362 g/mol.